The Hall–Kier alpha value is -1.35. The first-order valence-corrected chi connectivity index (χ1v) is 13.2. The molecule has 2 aliphatic heterocycles. The Morgan fingerprint density at radius 2 is 1.61 bits per heavy atom. The summed E-state index contributed by atoms with van der Waals surface area (Å²) in [5, 5.41) is 0. The average Bonchev–Trinajstić information content (AvgIpc) is 3.25. The molecule has 1 saturated heterocycles. The Bertz CT molecular complexity index is 739. The number of hydrogen-bond donors (Lipinski definition) is 0. The molecular weight excluding hydrogens is 382 g/mol. The minimum absolute atomic E-state index is 0.562. The SMILES string of the molecule is O=C(CC1CCC1)CC1CCC(CCN2CCC(c3cccc4c3CCO4)CC2)CC1. The second-order valence-corrected chi connectivity index (χ2v) is 11.0. The van der Waals surface area contributed by atoms with Crippen LogP contribution in [0.25, 0.3) is 0 Å². The largest absolute Gasteiger partial charge is 0.493 e. The van der Waals surface area contributed by atoms with Crippen LogP contribution in [0, 0.1) is 17.8 Å². The molecule has 0 aromatic heterocycles. The van der Waals surface area contributed by atoms with Crippen molar-refractivity contribution in [1.29, 1.82) is 0 Å². The van der Waals surface area contributed by atoms with Crippen molar-refractivity contribution in [1.82, 2.24) is 4.90 Å². The third-order valence-electron chi connectivity index (χ3n) is 8.88. The number of fused-ring (bicyclic) bond motifs is 1. The van der Waals surface area contributed by atoms with Crippen LogP contribution in [0.2, 0.25) is 0 Å². The van der Waals surface area contributed by atoms with Crippen molar-refractivity contribution in [2.45, 2.75) is 89.4 Å². The molecular formula is C28H41NO2. The van der Waals surface area contributed by atoms with E-state index in [9.17, 15) is 4.79 Å². The highest BCUT2D eigenvalue weighted by molar-refractivity contribution is 5.79. The molecule has 3 heteroatoms. The summed E-state index contributed by atoms with van der Waals surface area (Å²) in [5.41, 5.74) is 3.06. The third kappa shape index (κ3) is 5.35. The lowest BCUT2D eigenvalue weighted by Gasteiger charge is -2.35. The topological polar surface area (TPSA) is 29.5 Å². The molecule has 170 valence electrons. The number of Topliss-reactive ketones (excluding diaryl/α,β-unsaturated/α-hetero) is 1. The van der Waals surface area contributed by atoms with Gasteiger partial charge >= 0.3 is 0 Å². The summed E-state index contributed by atoms with van der Waals surface area (Å²) < 4.78 is 5.78. The highest BCUT2D eigenvalue weighted by Crippen LogP contribution is 2.38. The van der Waals surface area contributed by atoms with Crippen molar-refractivity contribution in [3.8, 4) is 5.75 Å². The molecule has 0 bridgehead atoms. The van der Waals surface area contributed by atoms with Crippen LogP contribution in [0.1, 0.15) is 94.1 Å². The fourth-order valence-electron chi connectivity index (χ4n) is 6.61. The van der Waals surface area contributed by atoms with Gasteiger partial charge < -0.3 is 9.64 Å². The van der Waals surface area contributed by atoms with Crippen LogP contribution in [-0.2, 0) is 11.2 Å². The molecule has 2 heterocycles. The fourth-order valence-corrected chi connectivity index (χ4v) is 6.61. The predicted octanol–water partition coefficient (Wildman–Crippen LogP) is 6.15. The van der Waals surface area contributed by atoms with Crippen molar-refractivity contribution in [2.24, 2.45) is 17.8 Å². The number of rotatable bonds is 8. The number of carbonyl (C=O) groups excluding carboxylic acids is 1. The predicted molar refractivity (Wildman–Crippen MR) is 126 cm³/mol. The van der Waals surface area contributed by atoms with E-state index in [1.54, 1.807) is 5.56 Å². The van der Waals surface area contributed by atoms with E-state index >= 15 is 0 Å². The van der Waals surface area contributed by atoms with Crippen LogP contribution in [-0.4, -0.2) is 36.9 Å². The summed E-state index contributed by atoms with van der Waals surface area (Å²) in [6.45, 7) is 4.64. The van der Waals surface area contributed by atoms with Crippen molar-refractivity contribution in [3.05, 3.63) is 29.3 Å². The van der Waals surface area contributed by atoms with Crippen LogP contribution in [0.3, 0.4) is 0 Å². The van der Waals surface area contributed by atoms with E-state index in [-0.39, 0.29) is 0 Å². The smallest absolute Gasteiger partial charge is 0.133 e. The number of piperidine rings is 1. The molecule has 3 nitrogen and oxygen atoms in total. The van der Waals surface area contributed by atoms with Gasteiger partial charge in [-0.3, -0.25) is 4.79 Å². The van der Waals surface area contributed by atoms with Crippen LogP contribution in [0.5, 0.6) is 5.75 Å². The molecule has 31 heavy (non-hydrogen) atoms. The van der Waals surface area contributed by atoms with Crippen LogP contribution in [0.4, 0.5) is 0 Å². The summed E-state index contributed by atoms with van der Waals surface area (Å²) in [6, 6.07) is 6.67. The van der Waals surface area contributed by atoms with E-state index in [0.717, 1.165) is 49.4 Å². The Balaban J connectivity index is 0.995. The van der Waals surface area contributed by atoms with Gasteiger partial charge in [0, 0.05) is 24.8 Å². The first kappa shape index (κ1) is 21.5. The maximum atomic E-state index is 12.3. The normalized spacial score (nSPS) is 27.5. The summed E-state index contributed by atoms with van der Waals surface area (Å²) in [5.74, 6) is 4.75. The van der Waals surface area contributed by atoms with E-state index in [4.69, 9.17) is 4.74 Å². The molecule has 0 atom stereocenters. The zero-order valence-electron chi connectivity index (χ0n) is 19.3. The van der Waals surface area contributed by atoms with Gasteiger partial charge in [-0.05, 0) is 87.0 Å². The number of hydrogen-bond acceptors (Lipinski definition) is 3. The highest BCUT2D eigenvalue weighted by atomic mass is 16.5. The van der Waals surface area contributed by atoms with Crippen molar-refractivity contribution >= 4 is 5.78 Å². The number of benzene rings is 1. The number of likely N-dealkylation sites (tertiary alicyclic amines) is 1. The molecule has 0 radical (unpaired) electrons. The van der Waals surface area contributed by atoms with Gasteiger partial charge in [-0.2, -0.15) is 0 Å². The highest BCUT2D eigenvalue weighted by Gasteiger charge is 2.28. The number of ketones is 1. The first-order valence-electron chi connectivity index (χ1n) is 13.2. The summed E-state index contributed by atoms with van der Waals surface area (Å²) in [4.78, 5) is 15.0. The molecule has 2 saturated carbocycles. The molecule has 3 fully saturated rings. The van der Waals surface area contributed by atoms with Gasteiger partial charge in [0.2, 0.25) is 0 Å². The van der Waals surface area contributed by atoms with Gasteiger partial charge in [-0.25, -0.2) is 0 Å². The molecule has 0 N–H and O–H groups in total. The minimum Gasteiger partial charge on any atom is -0.493 e. The third-order valence-corrected chi connectivity index (χ3v) is 8.88. The maximum absolute atomic E-state index is 12.3. The van der Waals surface area contributed by atoms with E-state index in [2.05, 4.69) is 23.1 Å². The van der Waals surface area contributed by atoms with Gasteiger partial charge in [0.1, 0.15) is 11.5 Å². The first-order chi connectivity index (χ1) is 15.2. The second kappa shape index (κ2) is 10.1. The zero-order valence-corrected chi connectivity index (χ0v) is 19.3. The lowest BCUT2D eigenvalue weighted by atomic mass is 9.76. The standard InChI is InChI=1S/C28H41NO2/c30-25(19-22-3-1-4-22)20-23-9-7-21(8-10-23)11-15-29-16-12-24(13-17-29)26-5-2-6-28-27(26)14-18-31-28/h2,5-6,21-24H,1,3-4,7-20H2. The van der Waals surface area contributed by atoms with Gasteiger partial charge in [0.05, 0.1) is 6.61 Å². The Kier molecular flexibility index (Phi) is 6.98. The van der Waals surface area contributed by atoms with Crippen LogP contribution in [0.15, 0.2) is 18.2 Å². The van der Waals surface area contributed by atoms with Crippen molar-refractivity contribution in [3.63, 3.8) is 0 Å². The Morgan fingerprint density at radius 1 is 0.903 bits per heavy atom. The maximum Gasteiger partial charge on any atom is 0.133 e. The van der Waals surface area contributed by atoms with E-state index < -0.39 is 0 Å². The van der Waals surface area contributed by atoms with Gasteiger partial charge in [-0.1, -0.05) is 44.2 Å². The monoisotopic (exact) mass is 423 g/mol. The average molecular weight is 424 g/mol. The fraction of sp³-hybridized carbons (Fsp3) is 0.750. The van der Waals surface area contributed by atoms with Gasteiger partial charge in [0.25, 0.3) is 0 Å². The number of carbonyl (C=O) groups is 1. The van der Waals surface area contributed by atoms with Crippen LogP contribution >= 0.6 is 0 Å². The quantitative estimate of drug-likeness (QED) is 0.502. The summed E-state index contributed by atoms with van der Waals surface area (Å²) in [7, 11) is 0. The molecule has 0 unspecified atom stereocenters. The molecule has 1 aromatic rings. The molecule has 1 aromatic carbocycles. The van der Waals surface area contributed by atoms with Crippen molar-refractivity contribution in [2.75, 3.05) is 26.2 Å². The lowest BCUT2D eigenvalue weighted by molar-refractivity contribution is -0.121. The van der Waals surface area contributed by atoms with Gasteiger partial charge in [0.15, 0.2) is 0 Å². The molecule has 2 aliphatic carbocycles. The minimum atomic E-state index is 0.562. The van der Waals surface area contributed by atoms with E-state index in [1.807, 2.05) is 0 Å². The van der Waals surface area contributed by atoms with Crippen molar-refractivity contribution < 1.29 is 9.53 Å². The molecule has 0 spiro atoms. The van der Waals surface area contributed by atoms with Gasteiger partial charge in [-0.15, -0.1) is 0 Å². The summed E-state index contributed by atoms with van der Waals surface area (Å²) >= 11 is 0. The Morgan fingerprint density at radius 3 is 2.32 bits per heavy atom. The number of ether oxygens (including phenoxy) is 1. The Labute approximate surface area is 188 Å². The number of nitrogens with zero attached hydrogens (tertiary/aromatic N) is 1. The molecule has 0 amide bonds. The van der Waals surface area contributed by atoms with E-state index in [1.165, 1.54) is 89.4 Å². The molecule has 5 rings (SSSR count). The summed E-state index contributed by atoms with van der Waals surface area (Å²) in [6.07, 6.45) is 16.1. The zero-order chi connectivity index (χ0) is 21.0. The van der Waals surface area contributed by atoms with E-state index in [0.29, 0.717) is 11.7 Å². The second-order valence-electron chi connectivity index (χ2n) is 11.0. The lowest BCUT2D eigenvalue weighted by Crippen LogP contribution is -2.35. The van der Waals surface area contributed by atoms with Crippen LogP contribution < -0.4 is 4.74 Å². The molecule has 4 aliphatic rings.